The van der Waals surface area contributed by atoms with Gasteiger partial charge in [0.05, 0.1) is 18.1 Å². The summed E-state index contributed by atoms with van der Waals surface area (Å²) in [6.45, 7) is 0.474. The number of nitrogens with zero attached hydrogens (tertiary/aromatic N) is 1. The van der Waals surface area contributed by atoms with Crippen LogP contribution >= 0.6 is 11.3 Å². The van der Waals surface area contributed by atoms with Crippen LogP contribution in [0.3, 0.4) is 0 Å². The molecule has 0 saturated carbocycles. The topological polar surface area (TPSA) is 68.4 Å². The monoisotopic (exact) mass is 188 g/mol. The molecule has 1 atom stereocenters. The molecule has 0 unspecified atom stereocenters. The van der Waals surface area contributed by atoms with E-state index >= 15 is 0 Å². The number of ether oxygens (including phenoxy) is 1. The number of methoxy groups -OCH3 is 1. The standard InChI is InChI=1S/C7H12N2O2S/c1-11-7-9-4-6(12-7)5(10)2-3-8/h4-5,10H,2-3,8H2,1H3/t5-/m1/s1. The van der Waals surface area contributed by atoms with E-state index in [-0.39, 0.29) is 0 Å². The lowest BCUT2D eigenvalue weighted by Gasteiger charge is -2.03. The fourth-order valence-corrected chi connectivity index (χ4v) is 1.57. The molecule has 1 aromatic rings. The molecular weight excluding hydrogens is 176 g/mol. The average Bonchev–Trinajstić information content (AvgIpc) is 2.52. The highest BCUT2D eigenvalue weighted by atomic mass is 32.1. The van der Waals surface area contributed by atoms with E-state index in [0.717, 1.165) is 4.88 Å². The summed E-state index contributed by atoms with van der Waals surface area (Å²) in [5.41, 5.74) is 5.30. The fraction of sp³-hybridized carbons (Fsp3) is 0.571. The molecule has 0 aliphatic rings. The SMILES string of the molecule is COc1ncc([C@H](O)CCN)s1. The minimum absolute atomic E-state index is 0.474. The van der Waals surface area contributed by atoms with Gasteiger partial charge in [0.25, 0.3) is 5.19 Å². The van der Waals surface area contributed by atoms with Crippen molar-refractivity contribution in [1.29, 1.82) is 0 Å². The highest BCUT2D eigenvalue weighted by Gasteiger charge is 2.10. The Bertz CT molecular complexity index is 239. The third-order valence-electron chi connectivity index (χ3n) is 1.45. The van der Waals surface area contributed by atoms with Crippen LogP contribution in [0.2, 0.25) is 0 Å². The quantitative estimate of drug-likeness (QED) is 0.723. The Morgan fingerprint density at radius 3 is 3.08 bits per heavy atom. The fourth-order valence-electron chi connectivity index (χ4n) is 0.818. The van der Waals surface area contributed by atoms with E-state index in [1.807, 2.05) is 0 Å². The largest absolute Gasteiger partial charge is 0.473 e. The van der Waals surface area contributed by atoms with Crippen molar-refractivity contribution in [3.05, 3.63) is 11.1 Å². The number of aliphatic hydroxyl groups is 1. The smallest absolute Gasteiger partial charge is 0.273 e. The normalized spacial score (nSPS) is 12.9. The van der Waals surface area contributed by atoms with Crippen LogP contribution in [-0.2, 0) is 0 Å². The lowest BCUT2D eigenvalue weighted by Crippen LogP contribution is -2.05. The van der Waals surface area contributed by atoms with Crippen molar-refractivity contribution in [3.63, 3.8) is 0 Å². The predicted molar refractivity (Wildman–Crippen MR) is 47.3 cm³/mol. The molecular formula is C7H12N2O2S. The Labute approximate surface area is 75.0 Å². The molecule has 1 rings (SSSR count). The molecule has 0 spiro atoms. The van der Waals surface area contributed by atoms with Crippen molar-refractivity contribution in [3.8, 4) is 5.19 Å². The Kier molecular flexibility index (Phi) is 3.46. The van der Waals surface area contributed by atoms with Gasteiger partial charge >= 0.3 is 0 Å². The van der Waals surface area contributed by atoms with Gasteiger partial charge in [0, 0.05) is 6.20 Å². The van der Waals surface area contributed by atoms with Gasteiger partial charge in [-0.2, -0.15) is 0 Å². The highest BCUT2D eigenvalue weighted by molar-refractivity contribution is 7.13. The van der Waals surface area contributed by atoms with E-state index in [1.54, 1.807) is 13.3 Å². The number of aliphatic hydroxyl groups excluding tert-OH is 1. The third-order valence-corrected chi connectivity index (χ3v) is 2.51. The minimum atomic E-state index is -0.503. The zero-order chi connectivity index (χ0) is 8.97. The molecule has 0 aliphatic heterocycles. The summed E-state index contributed by atoms with van der Waals surface area (Å²) < 4.78 is 4.89. The van der Waals surface area contributed by atoms with Gasteiger partial charge in [-0.05, 0) is 13.0 Å². The second-order valence-electron chi connectivity index (χ2n) is 2.33. The maximum Gasteiger partial charge on any atom is 0.273 e. The van der Waals surface area contributed by atoms with Crippen molar-refractivity contribution in [2.24, 2.45) is 5.73 Å². The second-order valence-corrected chi connectivity index (χ2v) is 3.35. The van der Waals surface area contributed by atoms with Crippen LogP contribution in [0.15, 0.2) is 6.20 Å². The summed E-state index contributed by atoms with van der Waals surface area (Å²) in [5, 5.41) is 10.0. The molecule has 4 nitrogen and oxygen atoms in total. The van der Waals surface area contributed by atoms with Gasteiger partial charge < -0.3 is 15.6 Å². The van der Waals surface area contributed by atoms with Gasteiger partial charge in [-0.1, -0.05) is 11.3 Å². The molecule has 5 heteroatoms. The molecule has 0 fully saturated rings. The van der Waals surface area contributed by atoms with Crippen LogP contribution < -0.4 is 10.5 Å². The summed E-state index contributed by atoms with van der Waals surface area (Å²) in [6, 6.07) is 0. The molecule has 0 aliphatic carbocycles. The van der Waals surface area contributed by atoms with E-state index in [2.05, 4.69) is 4.98 Å². The summed E-state index contributed by atoms with van der Waals surface area (Å²) in [4.78, 5) is 4.74. The summed E-state index contributed by atoms with van der Waals surface area (Å²) in [5.74, 6) is 0. The lowest BCUT2D eigenvalue weighted by molar-refractivity contribution is 0.174. The third kappa shape index (κ3) is 2.17. The Balaban J connectivity index is 2.61. The van der Waals surface area contributed by atoms with Gasteiger partial charge in [-0.25, -0.2) is 4.98 Å². The summed E-state index contributed by atoms with van der Waals surface area (Å²) >= 11 is 1.34. The number of rotatable bonds is 4. The second kappa shape index (κ2) is 4.39. The molecule has 0 bridgehead atoms. The number of nitrogens with two attached hydrogens (primary N) is 1. The first-order valence-corrected chi connectivity index (χ1v) is 4.47. The first kappa shape index (κ1) is 9.44. The minimum Gasteiger partial charge on any atom is -0.473 e. The van der Waals surface area contributed by atoms with Gasteiger partial charge in [-0.15, -0.1) is 0 Å². The van der Waals surface area contributed by atoms with Crippen molar-refractivity contribution >= 4 is 11.3 Å². The van der Waals surface area contributed by atoms with Crippen LogP contribution in [-0.4, -0.2) is 23.7 Å². The molecule has 0 aromatic carbocycles. The van der Waals surface area contributed by atoms with Crippen LogP contribution in [0.5, 0.6) is 5.19 Å². The van der Waals surface area contributed by atoms with Crippen molar-refractivity contribution in [2.45, 2.75) is 12.5 Å². The first-order chi connectivity index (χ1) is 5.77. The van der Waals surface area contributed by atoms with Crippen molar-refractivity contribution in [2.75, 3.05) is 13.7 Å². The van der Waals surface area contributed by atoms with E-state index in [9.17, 15) is 5.11 Å². The van der Waals surface area contributed by atoms with Gasteiger partial charge in [-0.3, -0.25) is 0 Å². The molecule has 68 valence electrons. The average molecular weight is 188 g/mol. The van der Waals surface area contributed by atoms with Crippen LogP contribution in [0.25, 0.3) is 0 Å². The van der Waals surface area contributed by atoms with E-state index in [4.69, 9.17) is 10.5 Å². The number of aromatic nitrogens is 1. The molecule has 0 saturated heterocycles. The predicted octanol–water partition coefficient (Wildman–Crippen LogP) is 0.534. The zero-order valence-corrected chi connectivity index (χ0v) is 7.67. The van der Waals surface area contributed by atoms with Crippen LogP contribution in [0, 0.1) is 0 Å². The maximum atomic E-state index is 9.46. The van der Waals surface area contributed by atoms with E-state index in [1.165, 1.54) is 11.3 Å². The van der Waals surface area contributed by atoms with E-state index < -0.39 is 6.10 Å². The molecule has 12 heavy (non-hydrogen) atoms. The molecule has 1 heterocycles. The van der Waals surface area contributed by atoms with Crippen LogP contribution in [0.4, 0.5) is 0 Å². The molecule has 1 aromatic heterocycles. The maximum absolute atomic E-state index is 9.46. The van der Waals surface area contributed by atoms with Gasteiger partial charge in [0.15, 0.2) is 0 Å². The summed E-state index contributed by atoms with van der Waals surface area (Å²) in [6.07, 6.45) is 1.67. The summed E-state index contributed by atoms with van der Waals surface area (Å²) in [7, 11) is 1.55. The Morgan fingerprint density at radius 1 is 1.83 bits per heavy atom. The molecule has 3 N–H and O–H groups in total. The van der Waals surface area contributed by atoms with Gasteiger partial charge in [0.1, 0.15) is 0 Å². The number of thiazole rings is 1. The van der Waals surface area contributed by atoms with E-state index in [0.29, 0.717) is 18.2 Å². The van der Waals surface area contributed by atoms with Gasteiger partial charge in [0.2, 0.25) is 0 Å². The number of hydrogen-bond donors (Lipinski definition) is 2. The Hall–Kier alpha value is -0.650. The van der Waals surface area contributed by atoms with Crippen molar-refractivity contribution in [1.82, 2.24) is 4.98 Å². The first-order valence-electron chi connectivity index (χ1n) is 3.65. The van der Waals surface area contributed by atoms with Crippen LogP contribution in [0.1, 0.15) is 17.4 Å². The zero-order valence-electron chi connectivity index (χ0n) is 6.86. The Morgan fingerprint density at radius 2 is 2.58 bits per heavy atom. The lowest BCUT2D eigenvalue weighted by atomic mass is 10.2. The highest BCUT2D eigenvalue weighted by Crippen LogP contribution is 2.26. The van der Waals surface area contributed by atoms with Crippen molar-refractivity contribution < 1.29 is 9.84 Å². The molecule has 0 amide bonds. The molecule has 0 radical (unpaired) electrons. The number of hydrogen-bond acceptors (Lipinski definition) is 5.